The van der Waals surface area contributed by atoms with Gasteiger partial charge in [-0.2, -0.15) is 4.98 Å². The molecule has 1 saturated carbocycles. The second kappa shape index (κ2) is 6.92. The lowest BCUT2D eigenvalue weighted by atomic mass is 10.2. The van der Waals surface area contributed by atoms with E-state index in [1.165, 1.54) is 0 Å². The summed E-state index contributed by atoms with van der Waals surface area (Å²) in [5.41, 5.74) is 1.57. The van der Waals surface area contributed by atoms with Crippen LogP contribution in [0.15, 0.2) is 24.3 Å². The third-order valence-electron chi connectivity index (χ3n) is 3.56. The number of carboxylic acids is 1. The van der Waals surface area contributed by atoms with Crippen molar-refractivity contribution in [2.75, 3.05) is 24.3 Å². The number of halogens is 1. The highest BCUT2D eigenvalue weighted by molar-refractivity contribution is 6.31. The molecule has 126 valence electrons. The summed E-state index contributed by atoms with van der Waals surface area (Å²) in [5.74, 6) is 0.901. The van der Waals surface area contributed by atoms with Crippen molar-refractivity contribution < 1.29 is 14.6 Å². The largest absolute Gasteiger partial charge is 0.495 e. The van der Waals surface area contributed by atoms with E-state index < -0.39 is 5.97 Å². The van der Waals surface area contributed by atoms with Crippen LogP contribution < -0.4 is 15.4 Å². The number of benzene rings is 1. The van der Waals surface area contributed by atoms with E-state index >= 15 is 0 Å². The number of carbonyl (C=O) groups is 1. The molecule has 0 radical (unpaired) electrons. The van der Waals surface area contributed by atoms with Crippen LogP contribution in [0, 0.1) is 0 Å². The second-order valence-corrected chi connectivity index (χ2v) is 5.93. The van der Waals surface area contributed by atoms with Crippen molar-refractivity contribution in [3.05, 3.63) is 35.0 Å². The maximum absolute atomic E-state index is 10.7. The van der Waals surface area contributed by atoms with Gasteiger partial charge in [0.15, 0.2) is 0 Å². The van der Waals surface area contributed by atoms with Gasteiger partial charge in [-0.1, -0.05) is 11.6 Å². The maximum Gasteiger partial charge on any atom is 0.322 e. The number of aromatic nitrogens is 2. The van der Waals surface area contributed by atoms with E-state index in [-0.39, 0.29) is 12.5 Å². The summed E-state index contributed by atoms with van der Waals surface area (Å²) in [6.07, 6.45) is 2.16. The van der Waals surface area contributed by atoms with Crippen LogP contribution in [0.3, 0.4) is 0 Å². The summed E-state index contributed by atoms with van der Waals surface area (Å²) >= 11 is 6.04. The molecule has 0 atom stereocenters. The van der Waals surface area contributed by atoms with E-state index in [0.717, 1.165) is 18.5 Å². The molecule has 1 aromatic heterocycles. The second-order valence-electron chi connectivity index (χ2n) is 5.49. The van der Waals surface area contributed by atoms with Crippen molar-refractivity contribution in [3.63, 3.8) is 0 Å². The Morgan fingerprint density at radius 1 is 1.38 bits per heavy atom. The number of ether oxygens (including phenoxy) is 1. The predicted molar refractivity (Wildman–Crippen MR) is 91.4 cm³/mol. The molecular weight excluding hydrogens is 332 g/mol. The highest BCUT2D eigenvalue weighted by Gasteiger charge is 2.26. The van der Waals surface area contributed by atoms with Gasteiger partial charge in [0.1, 0.15) is 18.1 Å². The molecule has 3 N–H and O–H groups in total. The van der Waals surface area contributed by atoms with Gasteiger partial charge in [0.05, 0.1) is 18.5 Å². The molecule has 1 heterocycles. The van der Waals surface area contributed by atoms with Gasteiger partial charge in [-0.05, 0) is 31.0 Å². The summed E-state index contributed by atoms with van der Waals surface area (Å²) in [4.78, 5) is 19.4. The maximum atomic E-state index is 10.7. The van der Waals surface area contributed by atoms with Crippen LogP contribution in [0.25, 0.3) is 0 Å². The fraction of sp³-hybridized carbons (Fsp3) is 0.312. The van der Waals surface area contributed by atoms with Crippen molar-refractivity contribution >= 4 is 35.0 Å². The van der Waals surface area contributed by atoms with Gasteiger partial charge in [-0.15, -0.1) is 0 Å². The van der Waals surface area contributed by atoms with Crippen LogP contribution in [0.5, 0.6) is 5.75 Å². The standard InChI is InChI=1S/C16H17ClN4O3/c1-24-13-5-4-10(17)6-12(13)19-14-7-11(9-2-3-9)20-16(21-14)18-8-15(22)23/h4-7,9H,2-3,8H2,1H3,(H,22,23)(H2,18,19,20,21). The average Bonchev–Trinajstić information content (AvgIpc) is 3.38. The van der Waals surface area contributed by atoms with Crippen LogP contribution in [0.4, 0.5) is 17.5 Å². The van der Waals surface area contributed by atoms with Crippen LogP contribution >= 0.6 is 11.6 Å². The summed E-state index contributed by atoms with van der Waals surface area (Å²) in [6, 6.07) is 7.10. The average molecular weight is 349 g/mol. The van der Waals surface area contributed by atoms with Crippen molar-refractivity contribution in [2.45, 2.75) is 18.8 Å². The molecule has 1 aromatic carbocycles. The first kappa shape index (κ1) is 16.3. The first-order chi connectivity index (χ1) is 11.5. The van der Waals surface area contributed by atoms with Crippen molar-refractivity contribution in [3.8, 4) is 5.75 Å². The number of carboxylic acid groups (broad SMARTS) is 1. The summed E-state index contributed by atoms with van der Waals surface area (Å²) in [5, 5.41) is 15.3. The highest BCUT2D eigenvalue weighted by Crippen LogP contribution is 2.40. The lowest BCUT2D eigenvalue weighted by Crippen LogP contribution is -2.15. The number of nitrogens with one attached hydrogen (secondary N) is 2. The number of aliphatic carboxylic acids is 1. The molecule has 0 amide bonds. The minimum Gasteiger partial charge on any atom is -0.495 e. The molecule has 0 saturated heterocycles. The fourth-order valence-electron chi connectivity index (χ4n) is 2.27. The van der Waals surface area contributed by atoms with Crippen LogP contribution in [0.2, 0.25) is 5.02 Å². The Hall–Kier alpha value is -2.54. The van der Waals surface area contributed by atoms with Crippen molar-refractivity contribution in [1.29, 1.82) is 0 Å². The number of anilines is 3. The first-order valence-electron chi connectivity index (χ1n) is 7.50. The number of rotatable bonds is 7. The lowest BCUT2D eigenvalue weighted by molar-refractivity contribution is -0.134. The molecule has 0 spiro atoms. The van der Waals surface area contributed by atoms with Crippen LogP contribution in [0.1, 0.15) is 24.5 Å². The Labute approximate surface area is 144 Å². The van der Waals surface area contributed by atoms with Gasteiger partial charge in [-0.25, -0.2) is 4.98 Å². The quantitative estimate of drug-likeness (QED) is 0.706. The molecule has 1 fully saturated rings. The zero-order valence-corrected chi connectivity index (χ0v) is 13.8. The van der Waals surface area contributed by atoms with Gasteiger partial charge >= 0.3 is 5.97 Å². The summed E-state index contributed by atoms with van der Waals surface area (Å²) < 4.78 is 5.31. The molecule has 8 heteroatoms. The molecular formula is C16H17ClN4O3. The Morgan fingerprint density at radius 3 is 2.83 bits per heavy atom. The SMILES string of the molecule is COc1ccc(Cl)cc1Nc1cc(C2CC2)nc(NCC(=O)O)n1. The molecule has 1 aliphatic rings. The van der Waals surface area contributed by atoms with Gasteiger partial charge in [-0.3, -0.25) is 4.79 Å². The minimum absolute atomic E-state index is 0.242. The number of methoxy groups -OCH3 is 1. The molecule has 0 aliphatic heterocycles. The van der Waals surface area contributed by atoms with Gasteiger partial charge in [0.25, 0.3) is 0 Å². The summed E-state index contributed by atoms with van der Waals surface area (Å²) in [6.45, 7) is -0.242. The first-order valence-corrected chi connectivity index (χ1v) is 7.88. The highest BCUT2D eigenvalue weighted by atomic mass is 35.5. The monoisotopic (exact) mass is 348 g/mol. The van der Waals surface area contributed by atoms with E-state index in [1.807, 2.05) is 6.07 Å². The predicted octanol–water partition coefficient (Wildman–Crippen LogP) is 3.26. The Kier molecular flexibility index (Phi) is 4.71. The molecule has 3 rings (SSSR count). The van der Waals surface area contributed by atoms with Gasteiger partial charge < -0.3 is 20.5 Å². The van der Waals surface area contributed by atoms with E-state index in [2.05, 4.69) is 20.6 Å². The van der Waals surface area contributed by atoms with E-state index in [9.17, 15) is 4.79 Å². The van der Waals surface area contributed by atoms with E-state index in [4.69, 9.17) is 21.4 Å². The third kappa shape index (κ3) is 4.05. The number of hydrogen-bond acceptors (Lipinski definition) is 6. The fourth-order valence-corrected chi connectivity index (χ4v) is 2.44. The normalized spacial score (nSPS) is 13.4. The molecule has 7 nitrogen and oxygen atoms in total. The Balaban J connectivity index is 1.89. The van der Waals surface area contributed by atoms with Crippen molar-refractivity contribution in [1.82, 2.24) is 9.97 Å². The van der Waals surface area contributed by atoms with E-state index in [0.29, 0.717) is 28.2 Å². The topological polar surface area (TPSA) is 96.4 Å². The number of hydrogen-bond donors (Lipinski definition) is 3. The van der Waals surface area contributed by atoms with Crippen LogP contribution in [-0.4, -0.2) is 34.7 Å². The van der Waals surface area contributed by atoms with Gasteiger partial charge in [0.2, 0.25) is 5.95 Å². The van der Waals surface area contributed by atoms with E-state index in [1.54, 1.807) is 25.3 Å². The zero-order valence-electron chi connectivity index (χ0n) is 13.0. The molecule has 1 aliphatic carbocycles. The molecule has 24 heavy (non-hydrogen) atoms. The molecule has 2 aromatic rings. The minimum atomic E-state index is -0.971. The van der Waals surface area contributed by atoms with Gasteiger partial charge in [0, 0.05) is 17.0 Å². The molecule has 0 bridgehead atoms. The Morgan fingerprint density at radius 2 is 2.17 bits per heavy atom. The summed E-state index contributed by atoms with van der Waals surface area (Å²) in [7, 11) is 1.57. The molecule has 0 unspecified atom stereocenters. The third-order valence-corrected chi connectivity index (χ3v) is 3.80. The smallest absolute Gasteiger partial charge is 0.322 e. The van der Waals surface area contributed by atoms with Crippen molar-refractivity contribution in [2.24, 2.45) is 0 Å². The van der Waals surface area contributed by atoms with Crippen LogP contribution in [-0.2, 0) is 4.79 Å². The lowest BCUT2D eigenvalue weighted by Gasteiger charge is -2.13. The Bertz CT molecular complexity index is 765. The number of nitrogens with zero attached hydrogens (tertiary/aromatic N) is 2. The zero-order chi connectivity index (χ0) is 17.1.